The molecule has 1 rings (SSSR count). The van der Waals surface area contributed by atoms with Crippen LogP contribution in [0.4, 0.5) is 0 Å². The van der Waals surface area contributed by atoms with Gasteiger partial charge < -0.3 is 15.3 Å². The topological polar surface area (TPSA) is 69.6 Å². The molecule has 1 aliphatic heterocycles. The third-order valence-corrected chi connectivity index (χ3v) is 2.60. The van der Waals surface area contributed by atoms with Crippen LogP contribution in [0.25, 0.3) is 0 Å². The molecule has 90 valence electrons. The van der Waals surface area contributed by atoms with Crippen molar-refractivity contribution in [1.82, 2.24) is 10.2 Å². The van der Waals surface area contributed by atoms with Crippen molar-refractivity contribution < 1.29 is 14.7 Å². The van der Waals surface area contributed by atoms with E-state index in [4.69, 9.17) is 5.11 Å². The van der Waals surface area contributed by atoms with Gasteiger partial charge in [-0.2, -0.15) is 0 Å². The summed E-state index contributed by atoms with van der Waals surface area (Å²) >= 11 is 0. The van der Waals surface area contributed by atoms with E-state index in [2.05, 4.69) is 11.9 Å². The number of amides is 1. The van der Waals surface area contributed by atoms with E-state index in [1.54, 1.807) is 6.08 Å². The predicted molar refractivity (Wildman–Crippen MR) is 60.1 cm³/mol. The summed E-state index contributed by atoms with van der Waals surface area (Å²) in [4.78, 5) is 23.9. The Bertz CT molecular complexity index is 272. The molecule has 1 heterocycles. The number of carboxylic acids is 1. The fourth-order valence-electron chi connectivity index (χ4n) is 1.83. The third-order valence-electron chi connectivity index (χ3n) is 2.60. The van der Waals surface area contributed by atoms with E-state index in [1.807, 2.05) is 0 Å². The normalized spacial score (nSPS) is 20.1. The van der Waals surface area contributed by atoms with Crippen LogP contribution in [-0.2, 0) is 9.59 Å². The average molecular weight is 226 g/mol. The molecular formula is C11H18N2O3. The van der Waals surface area contributed by atoms with Gasteiger partial charge in [0.1, 0.15) is 6.54 Å². The monoisotopic (exact) mass is 226 g/mol. The second-order valence-electron chi connectivity index (χ2n) is 3.90. The Labute approximate surface area is 95.1 Å². The number of carbonyl (C=O) groups excluding carboxylic acids is 1. The maximum atomic E-state index is 12.0. The van der Waals surface area contributed by atoms with E-state index in [1.165, 1.54) is 4.90 Å². The van der Waals surface area contributed by atoms with Crippen molar-refractivity contribution in [3.63, 3.8) is 0 Å². The zero-order valence-electron chi connectivity index (χ0n) is 9.32. The van der Waals surface area contributed by atoms with Crippen molar-refractivity contribution in [2.75, 3.05) is 19.6 Å². The summed E-state index contributed by atoms with van der Waals surface area (Å²) in [6.45, 7) is 4.37. The second kappa shape index (κ2) is 6.27. The standard InChI is InChI=1S/C11H18N2O3/c1-2-7-13(8-10(14)15)11(16)9-5-3-4-6-12-9/h2,9,12H,1,3-8H2,(H,14,15)/t9-/m0/s1. The molecule has 5 nitrogen and oxygen atoms in total. The fourth-order valence-corrected chi connectivity index (χ4v) is 1.83. The highest BCUT2D eigenvalue weighted by Crippen LogP contribution is 2.09. The lowest BCUT2D eigenvalue weighted by molar-refractivity contribution is -0.145. The first-order chi connectivity index (χ1) is 7.65. The van der Waals surface area contributed by atoms with E-state index in [9.17, 15) is 9.59 Å². The summed E-state index contributed by atoms with van der Waals surface area (Å²) in [5, 5.41) is 11.8. The molecule has 0 aliphatic carbocycles. The van der Waals surface area contributed by atoms with E-state index >= 15 is 0 Å². The number of carbonyl (C=O) groups is 2. The summed E-state index contributed by atoms with van der Waals surface area (Å²) in [7, 11) is 0. The quantitative estimate of drug-likeness (QED) is 0.658. The molecular weight excluding hydrogens is 208 g/mol. The number of aliphatic carboxylic acids is 1. The SMILES string of the molecule is C=CCN(CC(=O)O)C(=O)[C@@H]1CCCCN1. The first-order valence-corrected chi connectivity index (χ1v) is 5.50. The number of carboxylic acid groups (broad SMARTS) is 1. The number of hydrogen-bond acceptors (Lipinski definition) is 3. The number of piperidine rings is 1. The largest absolute Gasteiger partial charge is 0.480 e. The average Bonchev–Trinajstić information content (AvgIpc) is 2.28. The van der Waals surface area contributed by atoms with Gasteiger partial charge >= 0.3 is 5.97 Å². The molecule has 0 aromatic carbocycles. The van der Waals surface area contributed by atoms with Crippen molar-refractivity contribution in [2.24, 2.45) is 0 Å². The Kier molecular flexibility index (Phi) is 4.98. The molecule has 0 saturated carbocycles. The van der Waals surface area contributed by atoms with Crippen LogP contribution in [0, 0.1) is 0 Å². The number of rotatable bonds is 5. The molecule has 0 aromatic heterocycles. The van der Waals surface area contributed by atoms with Crippen LogP contribution in [-0.4, -0.2) is 47.6 Å². The van der Waals surface area contributed by atoms with Gasteiger partial charge in [-0.05, 0) is 19.4 Å². The Morgan fingerprint density at radius 2 is 2.25 bits per heavy atom. The number of nitrogens with one attached hydrogen (secondary N) is 1. The zero-order valence-corrected chi connectivity index (χ0v) is 9.32. The summed E-state index contributed by atoms with van der Waals surface area (Å²) in [6, 6.07) is -0.229. The van der Waals surface area contributed by atoms with Crippen LogP contribution < -0.4 is 5.32 Å². The van der Waals surface area contributed by atoms with Crippen LogP contribution in [0.2, 0.25) is 0 Å². The molecule has 0 bridgehead atoms. The van der Waals surface area contributed by atoms with Crippen LogP contribution in [0.3, 0.4) is 0 Å². The second-order valence-corrected chi connectivity index (χ2v) is 3.90. The van der Waals surface area contributed by atoms with Gasteiger partial charge in [0.25, 0.3) is 0 Å². The molecule has 0 spiro atoms. The minimum atomic E-state index is -0.994. The van der Waals surface area contributed by atoms with Crippen molar-refractivity contribution in [3.8, 4) is 0 Å². The molecule has 1 fully saturated rings. The first kappa shape index (κ1) is 12.7. The molecule has 1 atom stereocenters. The van der Waals surface area contributed by atoms with Gasteiger partial charge in [-0.25, -0.2) is 0 Å². The number of hydrogen-bond donors (Lipinski definition) is 2. The molecule has 5 heteroatoms. The van der Waals surface area contributed by atoms with Crippen LogP contribution in [0.5, 0.6) is 0 Å². The zero-order chi connectivity index (χ0) is 12.0. The summed E-state index contributed by atoms with van der Waals surface area (Å²) in [6.07, 6.45) is 4.42. The molecule has 0 unspecified atom stereocenters. The van der Waals surface area contributed by atoms with Crippen molar-refractivity contribution in [3.05, 3.63) is 12.7 Å². The fraction of sp³-hybridized carbons (Fsp3) is 0.636. The van der Waals surface area contributed by atoms with Gasteiger partial charge in [0.05, 0.1) is 6.04 Å². The lowest BCUT2D eigenvalue weighted by atomic mass is 10.0. The maximum Gasteiger partial charge on any atom is 0.323 e. The summed E-state index contributed by atoms with van der Waals surface area (Å²) in [5.41, 5.74) is 0. The van der Waals surface area contributed by atoms with Crippen molar-refractivity contribution >= 4 is 11.9 Å². The lowest BCUT2D eigenvalue weighted by Gasteiger charge is -2.28. The first-order valence-electron chi connectivity index (χ1n) is 5.50. The lowest BCUT2D eigenvalue weighted by Crippen LogP contribution is -2.49. The summed E-state index contributed by atoms with van der Waals surface area (Å²) in [5.74, 6) is -1.13. The predicted octanol–water partition coefficient (Wildman–Crippen LogP) is 0.228. The molecule has 16 heavy (non-hydrogen) atoms. The van der Waals surface area contributed by atoms with Gasteiger partial charge in [-0.1, -0.05) is 12.5 Å². The Morgan fingerprint density at radius 1 is 1.50 bits per heavy atom. The Morgan fingerprint density at radius 3 is 2.75 bits per heavy atom. The minimum absolute atomic E-state index is 0.137. The molecule has 2 N–H and O–H groups in total. The molecule has 0 radical (unpaired) electrons. The van der Waals surface area contributed by atoms with Crippen molar-refractivity contribution in [2.45, 2.75) is 25.3 Å². The van der Waals surface area contributed by atoms with E-state index in [0.717, 1.165) is 25.8 Å². The van der Waals surface area contributed by atoms with E-state index in [0.29, 0.717) is 0 Å². The molecule has 1 aliphatic rings. The van der Waals surface area contributed by atoms with Crippen LogP contribution in [0.15, 0.2) is 12.7 Å². The van der Waals surface area contributed by atoms with Crippen molar-refractivity contribution in [1.29, 1.82) is 0 Å². The Hall–Kier alpha value is -1.36. The van der Waals surface area contributed by atoms with Gasteiger partial charge in [0.15, 0.2) is 0 Å². The van der Waals surface area contributed by atoms with E-state index in [-0.39, 0.29) is 25.0 Å². The minimum Gasteiger partial charge on any atom is -0.480 e. The van der Waals surface area contributed by atoms with Crippen LogP contribution >= 0.6 is 0 Å². The molecule has 1 saturated heterocycles. The van der Waals surface area contributed by atoms with E-state index < -0.39 is 5.97 Å². The smallest absolute Gasteiger partial charge is 0.323 e. The maximum absolute atomic E-state index is 12.0. The highest BCUT2D eigenvalue weighted by Gasteiger charge is 2.25. The van der Waals surface area contributed by atoms with Gasteiger partial charge in [0.2, 0.25) is 5.91 Å². The number of nitrogens with zero attached hydrogens (tertiary/aromatic N) is 1. The van der Waals surface area contributed by atoms with Crippen LogP contribution in [0.1, 0.15) is 19.3 Å². The third kappa shape index (κ3) is 3.66. The summed E-state index contributed by atoms with van der Waals surface area (Å²) < 4.78 is 0. The molecule has 1 amide bonds. The van der Waals surface area contributed by atoms with Gasteiger partial charge in [0, 0.05) is 6.54 Å². The molecule has 0 aromatic rings. The Balaban J connectivity index is 2.57. The highest BCUT2D eigenvalue weighted by molar-refractivity contribution is 5.85. The van der Waals surface area contributed by atoms with Gasteiger partial charge in [-0.15, -0.1) is 6.58 Å². The highest BCUT2D eigenvalue weighted by atomic mass is 16.4. The van der Waals surface area contributed by atoms with Gasteiger partial charge in [-0.3, -0.25) is 9.59 Å².